The van der Waals surface area contributed by atoms with Crippen molar-refractivity contribution in [3.05, 3.63) is 5.82 Å². The van der Waals surface area contributed by atoms with Crippen LogP contribution in [0.3, 0.4) is 0 Å². The molecule has 0 aliphatic rings. The number of aromatic amines is 1. The van der Waals surface area contributed by atoms with Crippen molar-refractivity contribution >= 4 is 5.95 Å². The number of nitrogens with one attached hydrogen (secondary N) is 1. The molecule has 58 valence electrons. The number of anilines is 1. The molecule has 0 bridgehead atoms. The predicted octanol–water partition coefficient (Wildman–Crippen LogP) is 0.404. The van der Waals surface area contributed by atoms with Crippen LogP contribution in [-0.4, -0.2) is 15.2 Å². The SMILES string of the molecule is CC(CC#N)c1nc(N)n[nH]1. The largest absolute Gasteiger partial charge is 0.367 e. The highest BCUT2D eigenvalue weighted by Gasteiger charge is 2.08. The van der Waals surface area contributed by atoms with Crippen LogP contribution in [0.2, 0.25) is 0 Å². The van der Waals surface area contributed by atoms with Crippen LogP contribution in [0.4, 0.5) is 5.95 Å². The Morgan fingerprint density at radius 3 is 3.00 bits per heavy atom. The van der Waals surface area contributed by atoms with Gasteiger partial charge in [-0.15, -0.1) is 5.10 Å². The summed E-state index contributed by atoms with van der Waals surface area (Å²) in [6.07, 6.45) is 0.425. The van der Waals surface area contributed by atoms with Crippen molar-refractivity contribution in [3.8, 4) is 6.07 Å². The van der Waals surface area contributed by atoms with Gasteiger partial charge in [0.25, 0.3) is 0 Å². The van der Waals surface area contributed by atoms with Gasteiger partial charge in [0, 0.05) is 12.3 Å². The molecular formula is C6H9N5. The molecular weight excluding hydrogens is 142 g/mol. The van der Waals surface area contributed by atoms with Crippen molar-refractivity contribution in [2.75, 3.05) is 5.73 Å². The number of aromatic nitrogens is 3. The molecule has 0 radical (unpaired) electrons. The maximum atomic E-state index is 8.36. The normalized spacial score (nSPS) is 12.4. The zero-order chi connectivity index (χ0) is 8.27. The Balaban J connectivity index is 2.70. The number of rotatable bonds is 2. The van der Waals surface area contributed by atoms with Gasteiger partial charge in [-0.2, -0.15) is 10.2 Å². The van der Waals surface area contributed by atoms with Gasteiger partial charge in [0.15, 0.2) is 0 Å². The zero-order valence-electron chi connectivity index (χ0n) is 6.20. The van der Waals surface area contributed by atoms with Crippen LogP contribution in [0, 0.1) is 11.3 Å². The zero-order valence-corrected chi connectivity index (χ0v) is 6.20. The van der Waals surface area contributed by atoms with E-state index in [-0.39, 0.29) is 11.9 Å². The lowest BCUT2D eigenvalue weighted by Gasteiger charge is -1.98. The molecule has 0 spiro atoms. The summed E-state index contributed by atoms with van der Waals surface area (Å²) >= 11 is 0. The summed E-state index contributed by atoms with van der Waals surface area (Å²) in [5.74, 6) is 0.971. The molecule has 1 rings (SSSR count). The number of nitrogen functional groups attached to an aromatic ring is 1. The van der Waals surface area contributed by atoms with Crippen LogP contribution in [0.5, 0.6) is 0 Å². The van der Waals surface area contributed by atoms with E-state index >= 15 is 0 Å². The number of hydrogen-bond acceptors (Lipinski definition) is 4. The maximum Gasteiger partial charge on any atom is 0.239 e. The highest BCUT2D eigenvalue weighted by atomic mass is 15.3. The van der Waals surface area contributed by atoms with Gasteiger partial charge in [-0.3, -0.25) is 5.10 Å². The summed E-state index contributed by atoms with van der Waals surface area (Å²) in [6, 6.07) is 2.05. The van der Waals surface area contributed by atoms with Gasteiger partial charge >= 0.3 is 0 Å². The highest BCUT2D eigenvalue weighted by molar-refractivity contribution is 5.14. The smallest absolute Gasteiger partial charge is 0.239 e. The molecule has 0 aromatic carbocycles. The molecule has 11 heavy (non-hydrogen) atoms. The van der Waals surface area contributed by atoms with E-state index in [1.54, 1.807) is 0 Å². The first-order chi connectivity index (χ1) is 5.24. The third-order valence-electron chi connectivity index (χ3n) is 1.38. The van der Waals surface area contributed by atoms with E-state index < -0.39 is 0 Å². The minimum atomic E-state index is 0.0739. The lowest BCUT2D eigenvalue weighted by atomic mass is 10.1. The molecule has 0 aliphatic heterocycles. The van der Waals surface area contributed by atoms with Gasteiger partial charge in [0.1, 0.15) is 5.82 Å². The molecule has 1 unspecified atom stereocenters. The maximum absolute atomic E-state index is 8.36. The molecule has 0 amide bonds. The van der Waals surface area contributed by atoms with Crippen LogP contribution in [0.15, 0.2) is 0 Å². The second-order valence-corrected chi connectivity index (χ2v) is 2.34. The van der Waals surface area contributed by atoms with Crippen molar-refractivity contribution in [2.45, 2.75) is 19.3 Å². The minimum Gasteiger partial charge on any atom is -0.367 e. The predicted molar refractivity (Wildman–Crippen MR) is 39.4 cm³/mol. The summed E-state index contributed by atoms with van der Waals surface area (Å²) in [6.45, 7) is 1.89. The topological polar surface area (TPSA) is 91.4 Å². The molecule has 0 aliphatic carbocycles. The number of H-pyrrole nitrogens is 1. The van der Waals surface area contributed by atoms with E-state index in [0.717, 1.165) is 0 Å². The fourth-order valence-electron chi connectivity index (χ4n) is 0.742. The number of nitrogens with two attached hydrogens (primary N) is 1. The van der Waals surface area contributed by atoms with E-state index in [1.807, 2.05) is 13.0 Å². The molecule has 5 nitrogen and oxygen atoms in total. The Morgan fingerprint density at radius 1 is 1.82 bits per heavy atom. The van der Waals surface area contributed by atoms with Crippen LogP contribution in [0.1, 0.15) is 25.1 Å². The number of hydrogen-bond donors (Lipinski definition) is 2. The first-order valence-electron chi connectivity index (χ1n) is 3.28. The van der Waals surface area contributed by atoms with Gasteiger partial charge in [-0.05, 0) is 0 Å². The molecule has 0 saturated carbocycles. The molecule has 0 fully saturated rings. The van der Waals surface area contributed by atoms with E-state index in [2.05, 4.69) is 15.2 Å². The number of nitriles is 1. The van der Waals surface area contributed by atoms with Gasteiger partial charge in [0.2, 0.25) is 5.95 Å². The number of nitrogens with zero attached hydrogens (tertiary/aromatic N) is 3. The van der Waals surface area contributed by atoms with Crippen molar-refractivity contribution in [1.29, 1.82) is 5.26 Å². The van der Waals surface area contributed by atoms with Crippen LogP contribution >= 0.6 is 0 Å². The van der Waals surface area contributed by atoms with Crippen LogP contribution < -0.4 is 5.73 Å². The molecule has 1 atom stereocenters. The Morgan fingerprint density at radius 2 is 2.55 bits per heavy atom. The van der Waals surface area contributed by atoms with E-state index in [0.29, 0.717) is 12.2 Å². The molecule has 5 heteroatoms. The van der Waals surface area contributed by atoms with Crippen LogP contribution in [-0.2, 0) is 0 Å². The standard InChI is InChI=1S/C6H9N5/c1-4(2-3-7)5-9-6(8)11-10-5/h4H,2H2,1H3,(H3,8,9,10,11). The average molecular weight is 151 g/mol. The van der Waals surface area contributed by atoms with Crippen molar-refractivity contribution in [2.24, 2.45) is 0 Å². The summed E-state index contributed by atoms with van der Waals surface area (Å²) in [5.41, 5.74) is 5.28. The Labute approximate surface area is 64.2 Å². The second-order valence-electron chi connectivity index (χ2n) is 2.34. The van der Waals surface area contributed by atoms with Crippen molar-refractivity contribution < 1.29 is 0 Å². The average Bonchev–Trinajstić information content (AvgIpc) is 2.36. The van der Waals surface area contributed by atoms with Crippen LogP contribution in [0.25, 0.3) is 0 Å². The highest BCUT2D eigenvalue weighted by Crippen LogP contribution is 2.13. The van der Waals surface area contributed by atoms with Gasteiger partial charge in [-0.1, -0.05) is 6.92 Å². The summed E-state index contributed by atoms with van der Waals surface area (Å²) in [7, 11) is 0. The third-order valence-corrected chi connectivity index (χ3v) is 1.38. The van der Waals surface area contributed by atoms with Crippen molar-refractivity contribution in [3.63, 3.8) is 0 Å². The Bertz CT molecular complexity index is 271. The minimum absolute atomic E-state index is 0.0739. The van der Waals surface area contributed by atoms with E-state index in [1.165, 1.54) is 0 Å². The molecule has 0 saturated heterocycles. The molecule has 1 aromatic heterocycles. The second kappa shape index (κ2) is 3.01. The van der Waals surface area contributed by atoms with E-state index in [9.17, 15) is 0 Å². The van der Waals surface area contributed by atoms with Gasteiger partial charge in [0.05, 0.1) is 6.07 Å². The summed E-state index contributed by atoms with van der Waals surface area (Å²) in [5, 5.41) is 14.7. The molecule has 1 aromatic rings. The van der Waals surface area contributed by atoms with E-state index in [4.69, 9.17) is 11.0 Å². The van der Waals surface area contributed by atoms with Gasteiger partial charge in [-0.25, -0.2) is 0 Å². The Hall–Kier alpha value is -1.57. The van der Waals surface area contributed by atoms with Gasteiger partial charge < -0.3 is 5.73 Å². The molecule has 1 heterocycles. The fraction of sp³-hybridized carbons (Fsp3) is 0.500. The quantitative estimate of drug-likeness (QED) is 0.640. The lowest BCUT2D eigenvalue weighted by Crippen LogP contribution is -1.95. The summed E-state index contributed by atoms with van der Waals surface area (Å²) in [4.78, 5) is 3.89. The lowest BCUT2D eigenvalue weighted by molar-refractivity contribution is 0.725. The first kappa shape index (κ1) is 7.54. The third kappa shape index (κ3) is 1.67. The monoisotopic (exact) mass is 151 g/mol. The first-order valence-corrected chi connectivity index (χ1v) is 3.28. The molecule has 3 N–H and O–H groups in total. The summed E-state index contributed by atoms with van der Waals surface area (Å²) < 4.78 is 0. The fourth-order valence-corrected chi connectivity index (χ4v) is 0.742. The van der Waals surface area contributed by atoms with Crippen molar-refractivity contribution in [1.82, 2.24) is 15.2 Å². The Kier molecular flexibility index (Phi) is 2.06.